The molecule has 0 aliphatic rings. The van der Waals surface area contributed by atoms with Crippen molar-refractivity contribution in [2.75, 3.05) is 7.11 Å². The summed E-state index contributed by atoms with van der Waals surface area (Å²) in [6.07, 6.45) is -4.80. The predicted octanol–water partition coefficient (Wildman–Crippen LogP) is 1.94. The highest BCUT2D eigenvalue weighted by Crippen LogP contribution is 2.22. The van der Waals surface area contributed by atoms with Crippen molar-refractivity contribution in [2.45, 2.75) is 6.36 Å². The molecule has 1 aromatic rings. The molecule has 0 aliphatic heterocycles. The Balaban J connectivity index is 2.82. The number of carbonyl (C=O) groups is 2. The van der Waals surface area contributed by atoms with Gasteiger partial charge in [-0.25, -0.2) is 4.79 Å². The molecule has 7 heteroatoms. The number of hydrogen-bond donors (Lipinski definition) is 0. The number of ether oxygens (including phenoxy) is 2. The first kappa shape index (κ1) is 13.0. The SMILES string of the molecule is COC(=O)C(=O)c1ccc(OC(F)(F)F)cc1. The van der Waals surface area contributed by atoms with Crippen molar-refractivity contribution in [3.8, 4) is 5.75 Å². The van der Waals surface area contributed by atoms with Gasteiger partial charge < -0.3 is 9.47 Å². The lowest BCUT2D eigenvalue weighted by molar-refractivity contribution is -0.274. The molecule has 0 saturated heterocycles. The standard InChI is InChI=1S/C10H7F3O4/c1-16-9(15)8(14)6-2-4-7(5-3-6)17-10(11,12)13/h2-5H,1H3. The van der Waals surface area contributed by atoms with Crippen LogP contribution in [0, 0.1) is 0 Å². The second-order valence-corrected chi connectivity index (χ2v) is 2.89. The van der Waals surface area contributed by atoms with Crippen LogP contribution in [0.15, 0.2) is 24.3 Å². The zero-order valence-electron chi connectivity index (χ0n) is 8.58. The lowest BCUT2D eigenvalue weighted by atomic mass is 10.1. The molecule has 0 N–H and O–H groups in total. The number of carbonyl (C=O) groups excluding carboxylic acids is 2. The Hall–Kier alpha value is -2.05. The van der Waals surface area contributed by atoms with Crippen molar-refractivity contribution in [3.05, 3.63) is 29.8 Å². The number of ketones is 1. The van der Waals surface area contributed by atoms with Crippen LogP contribution >= 0.6 is 0 Å². The van der Waals surface area contributed by atoms with Gasteiger partial charge in [-0.1, -0.05) is 0 Å². The molecule has 1 aromatic carbocycles. The van der Waals surface area contributed by atoms with E-state index in [0.29, 0.717) is 0 Å². The van der Waals surface area contributed by atoms with Gasteiger partial charge in [0.2, 0.25) is 0 Å². The van der Waals surface area contributed by atoms with E-state index in [2.05, 4.69) is 9.47 Å². The fourth-order valence-corrected chi connectivity index (χ4v) is 1.02. The van der Waals surface area contributed by atoms with Gasteiger partial charge in [0, 0.05) is 5.56 Å². The number of rotatable bonds is 3. The minimum absolute atomic E-state index is 0.0774. The third-order valence-electron chi connectivity index (χ3n) is 1.72. The molecule has 0 spiro atoms. The Kier molecular flexibility index (Phi) is 3.72. The average molecular weight is 248 g/mol. The van der Waals surface area contributed by atoms with Gasteiger partial charge in [-0.2, -0.15) is 0 Å². The van der Waals surface area contributed by atoms with Gasteiger partial charge in [-0.15, -0.1) is 13.2 Å². The summed E-state index contributed by atoms with van der Waals surface area (Å²) >= 11 is 0. The number of esters is 1. The van der Waals surface area contributed by atoms with E-state index in [0.717, 1.165) is 31.4 Å². The smallest absolute Gasteiger partial charge is 0.463 e. The Morgan fingerprint density at radius 1 is 1.12 bits per heavy atom. The molecule has 0 radical (unpaired) electrons. The molecule has 0 bridgehead atoms. The summed E-state index contributed by atoms with van der Waals surface area (Å²) in [6, 6.07) is 3.95. The van der Waals surface area contributed by atoms with Gasteiger partial charge in [0.25, 0.3) is 5.78 Å². The molecule has 4 nitrogen and oxygen atoms in total. The maximum atomic E-state index is 11.8. The van der Waals surface area contributed by atoms with E-state index in [4.69, 9.17) is 0 Å². The summed E-state index contributed by atoms with van der Waals surface area (Å²) in [5.74, 6) is -2.50. The molecular weight excluding hydrogens is 241 g/mol. The lowest BCUT2D eigenvalue weighted by Crippen LogP contribution is -2.18. The summed E-state index contributed by atoms with van der Waals surface area (Å²) in [4.78, 5) is 22.1. The molecule has 92 valence electrons. The monoisotopic (exact) mass is 248 g/mol. The minimum atomic E-state index is -4.80. The lowest BCUT2D eigenvalue weighted by Gasteiger charge is -2.08. The molecule has 0 amide bonds. The van der Waals surface area contributed by atoms with E-state index in [1.54, 1.807) is 0 Å². The fourth-order valence-electron chi connectivity index (χ4n) is 1.02. The maximum absolute atomic E-state index is 11.8. The van der Waals surface area contributed by atoms with Crippen LogP contribution in [0.1, 0.15) is 10.4 Å². The summed E-state index contributed by atoms with van der Waals surface area (Å²) in [5.41, 5.74) is -0.0774. The summed E-state index contributed by atoms with van der Waals surface area (Å²) < 4.78 is 43.2. The molecule has 0 aromatic heterocycles. The van der Waals surface area contributed by atoms with Crippen LogP contribution in [0.2, 0.25) is 0 Å². The Morgan fingerprint density at radius 3 is 2.06 bits per heavy atom. The number of methoxy groups -OCH3 is 1. The van der Waals surface area contributed by atoms with E-state index >= 15 is 0 Å². The first-order valence-corrected chi connectivity index (χ1v) is 4.32. The van der Waals surface area contributed by atoms with Gasteiger partial charge >= 0.3 is 12.3 Å². The molecule has 0 fully saturated rings. The zero-order chi connectivity index (χ0) is 13.1. The predicted molar refractivity (Wildman–Crippen MR) is 49.5 cm³/mol. The van der Waals surface area contributed by atoms with Crippen LogP contribution in [0.25, 0.3) is 0 Å². The normalized spacial score (nSPS) is 10.8. The molecule has 0 saturated carbocycles. The minimum Gasteiger partial charge on any atom is -0.463 e. The topological polar surface area (TPSA) is 52.6 Å². The number of Topliss-reactive ketones (excluding diaryl/α,β-unsaturated/α-hetero) is 1. The summed E-state index contributed by atoms with van der Waals surface area (Å²) in [5, 5.41) is 0. The Morgan fingerprint density at radius 2 is 1.65 bits per heavy atom. The third-order valence-corrected chi connectivity index (χ3v) is 1.72. The van der Waals surface area contributed by atoms with Crippen molar-refractivity contribution in [1.29, 1.82) is 0 Å². The van der Waals surface area contributed by atoms with Gasteiger partial charge in [-0.05, 0) is 24.3 Å². The number of benzene rings is 1. The molecule has 17 heavy (non-hydrogen) atoms. The highest BCUT2D eigenvalue weighted by atomic mass is 19.4. The van der Waals surface area contributed by atoms with E-state index in [1.165, 1.54) is 0 Å². The van der Waals surface area contributed by atoms with Crippen molar-refractivity contribution < 1.29 is 32.2 Å². The van der Waals surface area contributed by atoms with E-state index in [-0.39, 0.29) is 5.56 Å². The largest absolute Gasteiger partial charge is 0.573 e. The van der Waals surface area contributed by atoms with Crippen LogP contribution in [0.3, 0.4) is 0 Å². The van der Waals surface area contributed by atoms with Crippen molar-refractivity contribution >= 4 is 11.8 Å². The molecule has 0 heterocycles. The van der Waals surface area contributed by atoms with Crippen molar-refractivity contribution in [3.63, 3.8) is 0 Å². The summed E-state index contributed by atoms with van der Waals surface area (Å²) in [6.45, 7) is 0. The van der Waals surface area contributed by atoms with Crippen LogP contribution < -0.4 is 4.74 Å². The van der Waals surface area contributed by atoms with Crippen molar-refractivity contribution in [1.82, 2.24) is 0 Å². The van der Waals surface area contributed by atoms with Crippen LogP contribution in [0.5, 0.6) is 5.75 Å². The first-order chi connectivity index (χ1) is 7.83. The Bertz CT molecular complexity index is 422. The fraction of sp³-hybridized carbons (Fsp3) is 0.200. The highest BCUT2D eigenvalue weighted by Gasteiger charge is 2.31. The third kappa shape index (κ3) is 3.78. The second-order valence-electron chi connectivity index (χ2n) is 2.89. The molecule has 0 atom stereocenters. The molecule has 0 unspecified atom stereocenters. The van der Waals surface area contributed by atoms with E-state index in [9.17, 15) is 22.8 Å². The molecular formula is C10H7F3O4. The maximum Gasteiger partial charge on any atom is 0.573 e. The molecule has 0 aliphatic carbocycles. The van der Waals surface area contributed by atoms with Gasteiger partial charge in [-0.3, -0.25) is 4.79 Å². The van der Waals surface area contributed by atoms with E-state index in [1.807, 2.05) is 0 Å². The quantitative estimate of drug-likeness (QED) is 0.466. The van der Waals surface area contributed by atoms with E-state index < -0.39 is 23.9 Å². The van der Waals surface area contributed by atoms with Crippen LogP contribution in [0.4, 0.5) is 13.2 Å². The van der Waals surface area contributed by atoms with Crippen LogP contribution in [-0.2, 0) is 9.53 Å². The van der Waals surface area contributed by atoms with Gasteiger partial charge in [0.05, 0.1) is 7.11 Å². The first-order valence-electron chi connectivity index (χ1n) is 4.32. The van der Waals surface area contributed by atoms with Crippen LogP contribution in [-0.4, -0.2) is 25.2 Å². The van der Waals surface area contributed by atoms with Crippen molar-refractivity contribution in [2.24, 2.45) is 0 Å². The Labute approximate surface area is 93.9 Å². The highest BCUT2D eigenvalue weighted by molar-refractivity contribution is 6.40. The number of hydrogen-bond acceptors (Lipinski definition) is 4. The van der Waals surface area contributed by atoms with Gasteiger partial charge in [0.15, 0.2) is 0 Å². The average Bonchev–Trinajstić information content (AvgIpc) is 2.26. The van der Waals surface area contributed by atoms with Gasteiger partial charge in [0.1, 0.15) is 5.75 Å². The zero-order valence-corrected chi connectivity index (χ0v) is 8.58. The molecule has 1 rings (SSSR count). The summed E-state index contributed by atoms with van der Waals surface area (Å²) in [7, 11) is 1.03. The number of halogens is 3. The number of alkyl halides is 3. The second kappa shape index (κ2) is 4.86.